The Balaban J connectivity index is 1.71. The minimum absolute atomic E-state index is 0.0688. The first kappa shape index (κ1) is 24.5. The normalized spacial score (nSPS) is 11.8. The second-order valence-electron chi connectivity index (χ2n) is 8.76. The standard InChI is InChI=1S/C27H23F2N5O2S/c1-17-16-33(18(2)31-17)24-12-11-22(21-5-4-6-23(13-21)37(3,35)36)14-25(24)34-26(15-30-32-34)19-7-9-20(10-8-19)27(28)29/h4-16,27H,1-3H3. The van der Waals surface area contributed by atoms with Gasteiger partial charge in [-0.3, -0.25) is 0 Å². The average molecular weight is 520 g/mol. The molecular weight excluding hydrogens is 496 g/mol. The van der Waals surface area contributed by atoms with E-state index in [1.807, 2.05) is 48.9 Å². The number of alkyl halides is 2. The van der Waals surface area contributed by atoms with Gasteiger partial charge in [0.25, 0.3) is 6.43 Å². The monoisotopic (exact) mass is 519 g/mol. The Kier molecular flexibility index (Phi) is 6.20. The van der Waals surface area contributed by atoms with Gasteiger partial charge in [0.1, 0.15) is 5.82 Å². The summed E-state index contributed by atoms with van der Waals surface area (Å²) in [5, 5.41) is 8.43. The number of aromatic nitrogens is 5. The Labute approximate surface area is 213 Å². The third-order valence-corrected chi connectivity index (χ3v) is 7.18. The average Bonchev–Trinajstić information content (AvgIpc) is 3.49. The highest BCUT2D eigenvalue weighted by molar-refractivity contribution is 7.90. The van der Waals surface area contributed by atoms with Crippen LogP contribution in [0.1, 0.15) is 23.5 Å². The fraction of sp³-hybridized carbons (Fsp3) is 0.148. The van der Waals surface area contributed by atoms with E-state index in [9.17, 15) is 17.2 Å². The maximum absolute atomic E-state index is 13.1. The van der Waals surface area contributed by atoms with Gasteiger partial charge in [0, 0.05) is 23.6 Å². The number of hydrogen-bond acceptors (Lipinski definition) is 5. The number of imidazole rings is 1. The molecule has 0 aliphatic rings. The Bertz CT molecular complexity index is 1710. The van der Waals surface area contributed by atoms with Crippen molar-refractivity contribution in [1.82, 2.24) is 24.5 Å². The molecule has 0 N–H and O–H groups in total. The smallest absolute Gasteiger partial charge is 0.263 e. The molecule has 0 aliphatic heterocycles. The van der Waals surface area contributed by atoms with Gasteiger partial charge in [0.2, 0.25) is 0 Å². The SMILES string of the molecule is Cc1cn(-c2ccc(-c3cccc(S(C)(=O)=O)c3)cc2-n2nncc2-c2ccc(C(F)F)cc2)c(C)n1. The zero-order chi connectivity index (χ0) is 26.3. The Morgan fingerprint density at radius 1 is 0.865 bits per heavy atom. The van der Waals surface area contributed by atoms with E-state index in [-0.39, 0.29) is 10.5 Å². The molecule has 0 aliphatic carbocycles. The zero-order valence-corrected chi connectivity index (χ0v) is 21.1. The lowest BCUT2D eigenvalue weighted by atomic mass is 10.0. The van der Waals surface area contributed by atoms with E-state index in [0.29, 0.717) is 16.9 Å². The van der Waals surface area contributed by atoms with Crippen LogP contribution in [0.25, 0.3) is 33.8 Å². The van der Waals surface area contributed by atoms with Gasteiger partial charge < -0.3 is 4.57 Å². The van der Waals surface area contributed by atoms with Gasteiger partial charge in [-0.05, 0) is 49.2 Å². The molecule has 0 amide bonds. The molecular formula is C27H23F2N5O2S. The van der Waals surface area contributed by atoms with Crippen LogP contribution in [-0.4, -0.2) is 39.2 Å². The van der Waals surface area contributed by atoms with E-state index in [1.165, 1.54) is 18.4 Å². The number of rotatable bonds is 6. The summed E-state index contributed by atoms with van der Waals surface area (Å²) in [5.74, 6) is 0.772. The minimum atomic E-state index is -3.39. The van der Waals surface area contributed by atoms with E-state index in [4.69, 9.17) is 0 Å². The molecule has 0 bridgehead atoms. The molecule has 2 heterocycles. The minimum Gasteiger partial charge on any atom is -0.302 e. The molecule has 5 rings (SSSR count). The fourth-order valence-electron chi connectivity index (χ4n) is 4.25. The van der Waals surface area contributed by atoms with Crippen LogP contribution in [0.2, 0.25) is 0 Å². The van der Waals surface area contributed by atoms with Crippen molar-refractivity contribution in [3.8, 4) is 33.8 Å². The Hall–Kier alpha value is -4.18. The predicted molar refractivity (Wildman–Crippen MR) is 137 cm³/mol. The molecule has 2 aromatic heterocycles. The van der Waals surface area contributed by atoms with E-state index in [0.717, 1.165) is 28.3 Å². The molecule has 188 valence electrons. The van der Waals surface area contributed by atoms with Crippen molar-refractivity contribution >= 4 is 9.84 Å². The molecule has 0 fully saturated rings. The van der Waals surface area contributed by atoms with Crippen LogP contribution in [0.3, 0.4) is 0 Å². The van der Waals surface area contributed by atoms with Crippen molar-refractivity contribution in [1.29, 1.82) is 0 Å². The number of sulfone groups is 1. The number of benzene rings is 3. The van der Waals surface area contributed by atoms with Crippen molar-refractivity contribution in [3.63, 3.8) is 0 Å². The molecule has 0 radical (unpaired) electrons. The van der Waals surface area contributed by atoms with Crippen molar-refractivity contribution < 1.29 is 17.2 Å². The van der Waals surface area contributed by atoms with Gasteiger partial charge in [-0.25, -0.2) is 26.9 Å². The third-order valence-electron chi connectivity index (χ3n) is 6.07. The van der Waals surface area contributed by atoms with Gasteiger partial charge >= 0.3 is 0 Å². The fourth-order valence-corrected chi connectivity index (χ4v) is 4.92. The van der Waals surface area contributed by atoms with Crippen LogP contribution in [0.4, 0.5) is 8.78 Å². The van der Waals surface area contributed by atoms with Gasteiger partial charge in [0.15, 0.2) is 9.84 Å². The highest BCUT2D eigenvalue weighted by atomic mass is 32.2. The lowest BCUT2D eigenvalue weighted by Gasteiger charge is -2.16. The van der Waals surface area contributed by atoms with Crippen molar-refractivity contribution in [3.05, 3.63) is 96.2 Å². The number of halogens is 2. The summed E-state index contributed by atoms with van der Waals surface area (Å²) >= 11 is 0. The molecule has 37 heavy (non-hydrogen) atoms. The van der Waals surface area contributed by atoms with Crippen LogP contribution in [0.5, 0.6) is 0 Å². The van der Waals surface area contributed by atoms with Gasteiger partial charge in [-0.1, -0.05) is 47.7 Å². The number of nitrogens with zero attached hydrogens (tertiary/aromatic N) is 5. The number of hydrogen-bond donors (Lipinski definition) is 0. The summed E-state index contributed by atoms with van der Waals surface area (Å²) in [4.78, 5) is 4.74. The van der Waals surface area contributed by atoms with Gasteiger partial charge in [-0.2, -0.15) is 0 Å². The first-order valence-corrected chi connectivity index (χ1v) is 13.3. The van der Waals surface area contributed by atoms with E-state index in [1.54, 1.807) is 41.2 Å². The third kappa shape index (κ3) is 4.79. The molecule has 0 saturated carbocycles. The summed E-state index contributed by atoms with van der Waals surface area (Å²) < 4.78 is 54.1. The van der Waals surface area contributed by atoms with Crippen LogP contribution in [0.15, 0.2) is 84.0 Å². The van der Waals surface area contributed by atoms with Crippen LogP contribution >= 0.6 is 0 Å². The maximum Gasteiger partial charge on any atom is 0.263 e. The summed E-state index contributed by atoms with van der Waals surface area (Å²) in [7, 11) is -3.39. The van der Waals surface area contributed by atoms with Crippen molar-refractivity contribution in [2.24, 2.45) is 0 Å². The maximum atomic E-state index is 13.1. The van der Waals surface area contributed by atoms with Crippen molar-refractivity contribution in [2.75, 3.05) is 6.26 Å². The summed E-state index contributed by atoms with van der Waals surface area (Å²) in [6.45, 7) is 3.80. The van der Waals surface area contributed by atoms with Gasteiger partial charge in [0.05, 0.1) is 33.9 Å². The number of aryl methyl sites for hydroxylation is 2. The first-order valence-electron chi connectivity index (χ1n) is 11.4. The topological polar surface area (TPSA) is 82.7 Å². The van der Waals surface area contributed by atoms with Crippen LogP contribution in [-0.2, 0) is 9.84 Å². The summed E-state index contributed by atoms with van der Waals surface area (Å²) in [6.07, 6.45) is 2.10. The Morgan fingerprint density at radius 3 is 2.22 bits per heavy atom. The second-order valence-corrected chi connectivity index (χ2v) is 10.8. The predicted octanol–water partition coefficient (Wildman–Crippen LogP) is 5.74. The summed E-state index contributed by atoms with van der Waals surface area (Å²) in [6, 6.07) is 18.4. The van der Waals surface area contributed by atoms with E-state index >= 15 is 0 Å². The zero-order valence-electron chi connectivity index (χ0n) is 20.3. The molecule has 7 nitrogen and oxygen atoms in total. The van der Waals surface area contributed by atoms with E-state index in [2.05, 4.69) is 15.3 Å². The molecule has 0 atom stereocenters. The van der Waals surface area contributed by atoms with Crippen LogP contribution < -0.4 is 0 Å². The van der Waals surface area contributed by atoms with Crippen molar-refractivity contribution in [2.45, 2.75) is 25.2 Å². The highest BCUT2D eigenvalue weighted by Gasteiger charge is 2.18. The summed E-state index contributed by atoms with van der Waals surface area (Å²) in [5.41, 5.74) is 4.98. The quantitative estimate of drug-likeness (QED) is 0.286. The molecule has 0 spiro atoms. The molecule has 0 saturated heterocycles. The molecule has 5 aromatic rings. The molecule has 3 aromatic carbocycles. The first-order chi connectivity index (χ1) is 17.6. The lowest BCUT2D eigenvalue weighted by molar-refractivity contribution is 0.151. The second kappa shape index (κ2) is 9.36. The van der Waals surface area contributed by atoms with E-state index < -0.39 is 16.3 Å². The highest BCUT2D eigenvalue weighted by Crippen LogP contribution is 2.32. The Morgan fingerprint density at radius 2 is 1.57 bits per heavy atom. The lowest BCUT2D eigenvalue weighted by Crippen LogP contribution is -2.07. The molecule has 0 unspecified atom stereocenters. The molecule has 10 heteroatoms. The van der Waals surface area contributed by atoms with Crippen LogP contribution in [0, 0.1) is 13.8 Å². The largest absolute Gasteiger partial charge is 0.302 e. The van der Waals surface area contributed by atoms with Gasteiger partial charge in [-0.15, -0.1) is 5.10 Å².